The Hall–Kier alpha value is -2.38. The lowest BCUT2D eigenvalue weighted by Crippen LogP contribution is -2.33. The van der Waals surface area contributed by atoms with Gasteiger partial charge in [-0.3, -0.25) is 14.5 Å². The van der Waals surface area contributed by atoms with E-state index in [1.807, 2.05) is 26.8 Å². The van der Waals surface area contributed by atoms with Crippen molar-refractivity contribution in [2.75, 3.05) is 6.54 Å². The molecule has 0 aliphatic carbocycles. The minimum absolute atomic E-state index is 0.274. The van der Waals surface area contributed by atoms with E-state index in [1.165, 1.54) is 5.56 Å². The molecule has 134 valence electrons. The van der Waals surface area contributed by atoms with Crippen LogP contribution in [0.5, 0.6) is 0 Å². The molecule has 1 aliphatic heterocycles. The van der Waals surface area contributed by atoms with E-state index in [-0.39, 0.29) is 10.2 Å². The highest BCUT2D eigenvalue weighted by atomic mass is 32.2. The lowest BCUT2D eigenvalue weighted by atomic mass is 10.2. The number of aromatic nitrogens is 1. The van der Waals surface area contributed by atoms with Gasteiger partial charge in [-0.25, -0.2) is 0 Å². The number of carbonyl (C=O) groups excluding carboxylic acids is 1. The number of carbonyl (C=O) groups is 2. The lowest BCUT2D eigenvalue weighted by molar-refractivity contribution is -0.140. The number of nitrogens with zero attached hydrogens (tertiary/aromatic N) is 2. The number of hydrogen-bond donors (Lipinski definition) is 1. The maximum atomic E-state index is 12.4. The van der Waals surface area contributed by atoms with Crippen molar-refractivity contribution in [3.8, 4) is 5.69 Å². The molecule has 1 aromatic carbocycles. The van der Waals surface area contributed by atoms with Gasteiger partial charge in [-0.15, -0.1) is 0 Å². The van der Waals surface area contributed by atoms with Crippen molar-refractivity contribution < 1.29 is 14.7 Å². The van der Waals surface area contributed by atoms with E-state index in [2.05, 4.69) is 28.8 Å². The van der Waals surface area contributed by atoms with Gasteiger partial charge in [0, 0.05) is 17.1 Å². The lowest BCUT2D eigenvalue weighted by Gasteiger charge is -2.10. The number of amides is 1. The van der Waals surface area contributed by atoms with Crippen molar-refractivity contribution in [1.29, 1.82) is 0 Å². The van der Waals surface area contributed by atoms with Crippen molar-refractivity contribution in [3.05, 3.63) is 57.8 Å². The van der Waals surface area contributed by atoms with Crippen LogP contribution in [-0.2, 0) is 9.59 Å². The van der Waals surface area contributed by atoms with Crippen molar-refractivity contribution in [2.45, 2.75) is 20.8 Å². The molecule has 3 rings (SSSR count). The summed E-state index contributed by atoms with van der Waals surface area (Å²) >= 11 is 6.28. The maximum Gasteiger partial charge on any atom is 0.323 e. The van der Waals surface area contributed by atoms with Crippen LogP contribution >= 0.6 is 24.0 Å². The zero-order chi connectivity index (χ0) is 19.0. The first-order chi connectivity index (χ1) is 12.3. The van der Waals surface area contributed by atoms with Crippen molar-refractivity contribution in [1.82, 2.24) is 9.47 Å². The van der Waals surface area contributed by atoms with Crippen molar-refractivity contribution in [2.24, 2.45) is 0 Å². The first-order valence-electron chi connectivity index (χ1n) is 8.01. The first-order valence-corrected chi connectivity index (χ1v) is 9.23. The number of carboxylic acid groups (broad SMARTS) is 1. The van der Waals surface area contributed by atoms with Crippen LogP contribution in [-0.4, -0.2) is 37.3 Å². The molecule has 2 heterocycles. The Kier molecular flexibility index (Phi) is 5.02. The molecule has 1 saturated heterocycles. The molecule has 0 unspecified atom stereocenters. The van der Waals surface area contributed by atoms with E-state index >= 15 is 0 Å². The Bertz CT molecular complexity index is 942. The number of hydrogen-bond acceptors (Lipinski definition) is 4. The second-order valence-electron chi connectivity index (χ2n) is 6.16. The zero-order valence-electron chi connectivity index (χ0n) is 14.6. The largest absolute Gasteiger partial charge is 0.480 e. The van der Waals surface area contributed by atoms with E-state index in [1.54, 1.807) is 6.08 Å². The number of benzene rings is 1. The summed E-state index contributed by atoms with van der Waals surface area (Å²) in [5, 5.41) is 8.93. The van der Waals surface area contributed by atoms with Crippen LogP contribution in [0, 0.1) is 20.8 Å². The highest BCUT2D eigenvalue weighted by molar-refractivity contribution is 8.26. The molecule has 1 fully saturated rings. The van der Waals surface area contributed by atoms with Crippen molar-refractivity contribution >= 4 is 46.3 Å². The Labute approximate surface area is 161 Å². The molecule has 7 heteroatoms. The van der Waals surface area contributed by atoms with Crippen LogP contribution in [0.1, 0.15) is 22.5 Å². The van der Waals surface area contributed by atoms with E-state index in [0.29, 0.717) is 4.91 Å². The molecule has 1 N–H and O–H groups in total. The smallest absolute Gasteiger partial charge is 0.323 e. The fourth-order valence-electron chi connectivity index (χ4n) is 2.94. The van der Waals surface area contributed by atoms with Crippen LogP contribution in [0.2, 0.25) is 0 Å². The third kappa shape index (κ3) is 3.45. The topological polar surface area (TPSA) is 62.5 Å². The number of thiocarbonyl (C=S) groups is 1. The summed E-state index contributed by atoms with van der Waals surface area (Å²) in [6.07, 6.45) is 1.79. The van der Waals surface area contributed by atoms with Crippen LogP contribution in [0.4, 0.5) is 0 Å². The number of aryl methyl sites for hydroxylation is 2. The number of aliphatic carboxylic acids is 1. The predicted molar refractivity (Wildman–Crippen MR) is 107 cm³/mol. The van der Waals surface area contributed by atoms with Gasteiger partial charge >= 0.3 is 5.97 Å². The van der Waals surface area contributed by atoms with Gasteiger partial charge in [0.05, 0.1) is 4.91 Å². The highest BCUT2D eigenvalue weighted by Gasteiger charge is 2.33. The zero-order valence-corrected chi connectivity index (χ0v) is 16.3. The standard InChI is InChI=1S/C19H18N2O3S2/c1-11-4-6-15(7-5-11)21-12(2)8-14(13(21)3)9-16-18(24)20(10-17(22)23)19(25)26-16/h4-9H,10H2,1-3H3,(H,22,23)/b16-9+. The second kappa shape index (κ2) is 7.09. The van der Waals surface area contributed by atoms with Crippen molar-refractivity contribution in [3.63, 3.8) is 0 Å². The maximum absolute atomic E-state index is 12.4. The van der Waals surface area contributed by atoms with E-state index in [9.17, 15) is 9.59 Å². The summed E-state index contributed by atoms with van der Waals surface area (Å²) in [5.74, 6) is -1.44. The minimum Gasteiger partial charge on any atom is -0.480 e. The Balaban J connectivity index is 1.96. The Morgan fingerprint density at radius 3 is 2.50 bits per heavy atom. The molecule has 0 radical (unpaired) electrons. The van der Waals surface area contributed by atoms with E-state index in [4.69, 9.17) is 17.3 Å². The van der Waals surface area contributed by atoms with E-state index < -0.39 is 12.5 Å². The van der Waals surface area contributed by atoms with Crippen LogP contribution in [0.25, 0.3) is 11.8 Å². The average molecular weight is 386 g/mol. The molecule has 5 nitrogen and oxygen atoms in total. The Morgan fingerprint density at radius 1 is 1.23 bits per heavy atom. The van der Waals surface area contributed by atoms with Gasteiger partial charge < -0.3 is 9.67 Å². The molecule has 0 atom stereocenters. The number of carboxylic acids is 1. The molecule has 0 spiro atoms. The summed E-state index contributed by atoms with van der Waals surface area (Å²) in [4.78, 5) is 24.9. The first kappa shape index (κ1) is 18.4. The highest BCUT2D eigenvalue weighted by Crippen LogP contribution is 2.33. The fourth-order valence-corrected chi connectivity index (χ4v) is 4.18. The average Bonchev–Trinajstić information content (AvgIpc) is 2.99. The number of thioether (sulfide) groups is 1. The summed E-state index contributed by atoms with van der Waals surface area (Å²) in [6, 6.07) is 10.3. The van der Waals surface area contributed by atoms with Gasteiger partial charge in [0.25, 0.3) is 5.91 Å². The van der Waals surface area contributed by atoms with Gasteiger partial charge in [0.15, 0.2) is 0 Å². The van der Waals surface area contributed by atoms with Gasteiger partial charge in [-0.1, -0.05) is 41.7 Å². The third-order valence-electron chi connectivity index (χ3n) is 4.22. The third-order valence-corrected chi connectivity index (χ3v) is 5.59. The number of rotatable bonds is 4. The summed E-state index contributed by atoms with van der Waals surface area (Å²) in [6.45, 7) is 5.64. The van der Waals surface area contributed by atoms with Gasteiger partial charge in [0.1, 0.15) is 10.9 Å². The van der Waals surface area contributed by atoms with Gasteiger partial charge in [-0.05, 0) is 50.6 Å². The molecule has 1 aromatic heterocycles. The molecule has 2 aromatic rings. The van der Waals surface area contributed by atoms with Gasteiger partial charge in [0.2, 0.25) is 0 Å². The molecule has 0 bridgehead atoms. The molecule has 26 heavy (non-hydrogen) atoms. The van der Waals surface area contributed by atoms with Crippen LogP contribution in [0.3, 0.4) is 0 Å². The second-order valence-corrected chi connectivity index (χ2v) is 7.83. The fraction of sp³-hybridized carbons (Fsp3) is 0.211. The Morgan fingerprint density at radius 2 is 1.88 bits per heavy atom. The summed E-state index contributed by atoms with van der Waals surface area (Å²) in [5.41, 5.74) is 5.23. The minimum atomic E-state index is -1.08. The van der Waals surface area contributed by atoms with E-state index in [0.717, 1.165) is 39.3 Å². The van der Waals surface area contributed by atoms with Gasteiger partial charge in [-0.2, -0.15) is 0 Å². The summed E-state index contributed by atoms with van der Waals surface area (Å²) < 4.78 is 2.40. The SMILES string of the molecule is Cc1ccc(-n2c(C)cc(/C=C3/SC(=S)N(CC(=O)O)C3=O)c2C)cc1. The quantitative estimate of drug-likeness (QED) is 0.641. The molecule has 1 amide bonds. The molecule has 1 aliphatic rings. The van der Waals surface area contributed by atoms with Crippen LogP contribution in [0.15, 0.2) is 35.2 Å². The van der Waals surface area contributed by atoms with Crippen LogP contribution < -0.4 is 0 Å². The summed E-state index contributed by atoms with van der Waals surface area (Å²) in [7, 11) is 0. The monoisotopic (exact) mass is 386 g/mol. The molecular weight excluding hydrogens is 368 g/mol. The predicted octanol–water partition coefficient (Wildman–Crippen LogP) is 3.69. The molecule has 0 saturated carbocycles. The normalized spacial score (nSPS) is 16.0. The molecular formula is C19H18N2O3S2.